The Morgan fingerprint density at radius 2 is 1.70 bits per heavy atom. The fraction of sp³-hybridized carbons (Fsp3) is 0.643. The monoisotopic (exact) mass is 287 g/mol. The highest BCUT2D eigenvalue weighted by Crippen LogP contribution is 2.19. The number of nitrogens with zero attached hydrogens (tertiary/aromatic N) is 1. The number of halogens is 2. The molecule has 0 aliphatic rings. The molecule has 0 fully saturated rings. The normalized spacial score (nSPS) is 10.6. The number of anilines is 2. The van der Waals surface area contributed by atoms with E-state index in [2.05, 4.69) is 15.6 Å². The summed E-state index contributed by atoms with van der Waals surface area (Å²) >= 11 is 0. The van der Waals surface area contributed by atoms with Crippen molar-refractivity contribution >= 4 is 11.6 Å². The summed E-state index contributed by atoms with van der Waals surface area (Å²) in [5, 5.41) is 5.74. The molecule has 1 rings (SSSR count). The molecular weight excluding hydrogens is 264 g/mol. The molecule has 4 nitrogen and oxygen atoms in total. The molecular formula is C14H23F2N3O. The van der Waals surface area contributed by atoms with Gasteiger partial charge in [0.05, 0.1) is 0 Å². The molecule has 0 spiro atoms. The van der Waals surface area contributed by atoms with Gasteiger partial charge in [-0.2, -0.15) is 0 Å². The van der Waals surface area contributed by atoms with E-state index in [1.807, 2.05) is 6.92 Å². The van der Waals surface area contributed by atoms with Crippen LogP contribution in [0.5, 0.6) is 0 Å². The summed E-state index contributed by atoms with van der Waals surface area (Å²) < 4.78 is 32.0. The number of methoxy groups -OCH3 is 1. The van der Waals surface area contributed by atoms with Crippen LogP contribution in [0.4, 0.5) is 20.4 Å². The molecule has 0 aliphatic carbocycles. The number of aromatic nitrogens is 1. The first-order chi connectivity index (χ1) is 9.69. The molecule has 0 radical (unpaired) electrons. The number of pyridine rings is 1. The van der Waals surface area contributed by atoms with E-state index in [0.29, 0.717) is 13.1 Å². The molecule has 1 aromatic rings. The summed E-state index contributed by atoms with van der Waals surface area (Å²) in [7, 11) is 1.67. The summed E-state index contributed by atoms with van der Waals surface area (Å²) in [4.78, 5) is 3.95. The van der Waals surface area contributed by atoms with Gasteiger partial charge in [0.1, 0.15) is 0 Å². The molecule has 0 amide bonds. The molecule has 0 bridgehead atoms. The second-order valence-corrected chi connectivity index (χ2v) is 4.56. The lowest BCUT2D eigenvalue weighted by atomic mass is 10.2. The molecule has 6 heteroatoms. The first-order valence-electron chi connectivity index (χ1n) is 7.01. The maximum absolute atomic E-state index is 13.6. The third-order valence-electron chi connectivity index (χ3n) is 2.79. The van der Waals surface area contributed by atoms with Gasteiger partial charge in [-0.15, -0.1) is 0 Å². The fourth-order valence-corrected chi connectivity index (χ4v) is 1.71. The zero-order valence-electron chi connectivity index (χ0n) is 12.1. The van der Waals surface area contributed by atoms with E-state index in [0.717, 1.165) is 38.4 Å². The average Bonchev–Trinajstić information content (AvgIpc) is 2.43. The quantitative estimate of drug-likeness (QED) is 0.647. The van der Waals surface area contributed by atoms with Gasteiger partial charge in [0.25, 0.3) is 0 Å². The highest BCUT2D eigenvalue weighted by Gasteiger charge is 2.10. The summed E-state index contributed by atoms with van der Waals surface area (Å²) in [6.07, 6.45) is 3.70. The van der Waals surface area contributed by atoms with Crippen molar-refractivity contribution in [1.82, 2.24) is 4.98 Å². The van der Waals surface area contributed by atoms with Gasteiger partial charge < -0.3 is 15.4 Å². The van der Waals surface area contributed by atoms with Gasteiger partial charge in [-0.1, -0.05) is 6.92 Å². The fourth-order valence-electron chi connectivity index (χ4n) is 1.71. The zero-order valence-corrected chi connectivity index (χ0v) is 12.1. The molecule has 0 atom stereocenters. The molecule has 0 saturated heterocycles. The van der Waals surface area contributed by atoms with E-state index in [1.54, 1.807) is 7.11 Å². The maximum atomic E-state index is 13.6. The van der Waals surface area contributed by atoms with Crippen LogP contribution in [0.2, 0.25) is 0 Å². The Labute approximate surface area is 118 Å². The largest absolute Gasteiger partial charge is 0.385 e. The number of rotatable bonds is 10. The number of nitrogens with one attached hydrogen (secondary N) is 2. The van der Waals surface area contributed by atoms with Crippen LogP contribution in [0.15, 0.2) is 6.07 Å². The summed E-state index contributed by atoms with van der Waals surface area (Å²) in [6.45, 7) is 3.90. The van der Waals surface area contributed by atoms with Crippen LogP contribution in [0.3, 0.4) is 0 Å². The summed E-state index contributed by atoms with van der Waals surface area (Å²) in [5.74, 6) is -1.14. The lowest BCUT2D eigenvalue weighted by Crippen LogP contribution is -2.10. The van der Waals surface area contributed by atoms with Crippen LogP contribution in [0, 0.1) is 11.6 Å². The van der Waals surface area contributed by atoms with Gasteiger partial charge in [-0.05, 0) is 25.7 Å². The van der Waals surface area contributed by atoms with E-state index < -0.39 is 11.6 Å². The Hall–Kier alpha value is -1.43. The van der Waals surface area contributed by atoms with Gasteiger partial charge >= 0.3 is 0 Å². The molecule has 0 aliphatic heterocycles. The average molecular weight is 287 g/mol. The van der Waals surface area contributed by atoms with Crippen molar-refractivity contribution in [3.63, 3.8) is 0 Å². The lowest BCUT2D eigenvalue weighted by Gasteiger charge is -2.10. The van der Waals surface area contributed by atoms with Crippen molar-refractivity contribution in [3.05, 3.63) is 17.7 Å². The molecule has 0 saturated carbocycles. The van der Waals surface area contributed by atoms with E-state index in [4.69, 9.17) is 4.74 Å². The van der Waals surface area contributed by atoms with Gasteiger partial charge in [-0.3, -0.25) is 0 Å². The van der Waals surface area contributed by atoms with Crippen molar-refractivity contribution in [2.75, 3.05) is 37.4 Å². The Morgan fingerprint density at radius 1 is 1.05 bits per heavy atom. The minimum Gasteiger partial charge on any atom is -0.385 e. The third kappa shape index (κ3) is 5.69. The Kier molecular flexibility index (Phi) is 7.87. The molecule has 2 N–H and O–H groups in total. The summed E-state index contributed by atoms with van der Waals surface area (Å²) in [6, 6.07) is 0.859. The van der Waals surface area contributed by atoms with Gasteiger partial charge in [0.2, 0.25) is 0 Å². The number of unbranched alkanes of at least 4 members (excludes halogenated alkanes) is 2. The SMILES string of the molecule is CCCNc1nc(NCCCCCOC)c(F)cc1F. The van der Waals surface area contributed by atoms with Crippen molar-refractivity contribution in [2.45, 2.75) is 32.6 Å². The van der Waals surface area contributed by atoms with E-state index in [-0.39, 0.29) is 11.6 Å². The van der Waals surface area contributed by atoms with Gasteiger partial charge in [-0.25, -0.2) is 13.8 Å². The van der Waals surface area contributed by atoms with Crippen LogP contribution in [-0.4, -0.2) is 31.8 Å². The minimum atomic E-state index is -0.665. The van der Waals surface area contributed by atoms with Gasteiger partial charge in [0, 0.05) is 32.9 Å². The second-order valence-electron chi connectivity index (χ2n) is 4.56. The molecule has 114 valence electrons. The first-order valence-corrected chi connectivity index (χ1v) is 7.01. The Bertz CT molecular complexity index is 402. The third-order valence-corrected chi connectivity index (χ3v) is 2.79. The van der Waals surface area contributed by atoms with Crippen LogP contribution < -0.4 is 10.6 Å². The minimum absolute atomic E-state index is 0.0927. The van der Waals surface area contributed by atoms with Crippen molar-refractivity contribution in [3.8, 4) is 0 Å². The van der Waals surface area contributed by atoms with Crippen LogP contribution in [-0.2, 0) is 4.74 Å². The lowest BCUT2D eigenvalue weighted by molar-refractivity contribution is 0.192. The number of hydrogen-bond acceptors (Lipinski definition) is 4. The van der Waals surface area contributed by atoms with E-state index >= 15 is 0 Å². The predicted octanol–water partition coefficient (Wildman–Crippen LogP) is 3.41. The van der Waals surface area contributed by atoms with Crippen molar-refractivity contribution < 1.29 is 13.5 Å². The van der Waals surface area contributed by atoms with E-state index in [1.165, 1.54) is 0 Å². The highest BCUT2D eigenvalue weighted by molar-refractivity contribution is 5.47. The smallest absolute Gasteiger partial charge is 0.168 e. The summed E-state index contributed by atoms with van der Waals surface area (Å²) in [5.41, 5.74) is 0. The van der Waals surface area contributed by atoms with Crippen LogP contribution in [0.1, 0.15) is 32.6 Å². The number of ether oxygens (including phenoxy) is 1. The second kappa shape index (κ2) is 9.47. The van der Waals surface area contributed by atoms with E-state index in [9.17, 15) is 8.78 Å². The zero-order chi connectivity index (χ0) is 14.8. The van der Waals surface area contributed by atoms with Crippen LogP contribution in [0.25, 0.3) is 0 Å². The Balaban J connectivity index is 2.47. The van der Waals surface area contributed by atoms with Crippen LogP contribution >= 0.6 is 0 Å². The van der Waals surface area contributed by atoms with Crippen molar-refractivity contribution in [1.29, 1.82) is 0 Å². The maximum Gasteiger partial charge on any atom is 0.168 e. The molecule has 0 aromatic carbocycles. The molecule has 1 aromatic heterocycles. The number of hydrogen-bond donors (Lipinski definition) is 2. The predicted molar refractivity (Wildman–Crippen MR) is 77.2 cm³/mol. The van der Waals surface area contributed by atoms with Gasteiger partial charge in [0.15, 0.2) is 23.3 Å². The topological polar surface area (TPSA) is 46.2 Å². The molecule has 0 unspecified atom stereocenters. The highest BCUT2D eigenvalue weighted by atomic mass is 19.1. The standard InChI is InChI=1S/C14H23F2N3O/c1-3-7-17-13-11(15)10-12(16)14(19-13)18-8-5-4-6-9-20-2/h10H,3-9H2,1-2H3,(H2,17,18,19). The Morgan fingerprint density at radius 3 is 2.30 bits per heavy atom. The molecule has 20 heavy (non-hydrogen) atoms. The van der Waals surface area contributed by atoms with Crippen molar-refractivity contribution in [2.24, 2.45) is 0 Å². The molecule has 1 heterocycles. The first kappa shape index (κ1) is 16.6.